The Morgan fingerprint density at radius 1 is 0.889 bits per heavy atom. The topological polar surface area (TPSA) is 66.9 Å². The number of amides is 1. The molecular weight excluding hydrogens is 496 g/mol. The maximum atomic E-state index is 13.6. The zero-order valence-electron chi connectivity index (χ0n) is 20.4. The van der Waals surface area contributed by atoms with Crippen LogP contribution in [0.3, 0.4) is 0 Å². The summed E-state index contributed by atoms with van der Waals surface area (Å²) in [4.78, 5) is 14.6. The Bertz CT molecular complexity index is 1250. The first kappa shape index (κ1) is 26.0. The predicted octanol–water partition coefficient (Wildman–Crippen LogP) is 5.83. The number of anilines is 1. The molecule has 1 aliphatic heterocycles. The molecule has 1 amide bonds. The van der Waals surface area contributed by atoms with Crippen molar-refractivity contribution in [1.29, 1.82) is 0 Å². The number of rotatable bonds is 8. The van der Waals surface area contributed by atoms with Crippen LogP contribution in [0, 0.1) is 6.92 Å². The lowest BCUT2D eigenvalue weighted by Gasteiger charge is -2.25. The van der Waals surface area contributed by atoms with Crippen LogP contribution in [0.25, 0.3) is 0 Å². The van der Waals surface area contributed by atoms with E-state index in [1.165, 1.54) is 4.31 Å². The van der Waals surface area contributed by atoms with Gasteiger partial charge in [0, 0.05) is 18.1 Å². The Balaban J connectivity index is 1.53. The van der Waals surface area contributed by atoms with Crippen LogP contribution in [0.1, 0.15) is 36.8 Å². The Morgan fingerprint density at radius 3 is 2.11 bits per heavy atom. The summed E-state index contributed by atoms with van der Waals surface area (Å²) in [7, 11) is -3.84. The van der Waals surface area contributed by atoms with Crippen LogP contribution in [-0.4, -0.2) is 38.9 Å². The highest BCUT2D eigenvalue weighted by molar-refractivity contribution is 7.92. The molecule has 0 saturated carbocycles. The van der Waals surface area contributed by atoms with E-state index in [1.54, 1.807) is 60.7 Å². The average molecular weight is 527 g/mol. The Labute approximate surface area is 218 Å². The molecule has 0 radical (unpaired) electrons. The molecule has 36 heavy (non-hydrogen) atoms. The molecule has 1 fully saturated rings. The molecule has 8 heteroatoms. The van der Waals surface area contributed by atoms with Gasteiger partial charge in [0.1, 0.15) is 5.75 Å². The van der Waals surface area contributed by atoms with Crippen LogP contribution in [0.4, 0.5) is 5.69 Å². The highest BCUT2D eigenvalue weighted by Gasteiger charge is 2.25. The summed E-state index contributed by atoms with van der Waals surface area (Å²) in [6.45, 7) is 3.57. The molecule has 4 rings (SSSR count). The van der Waals surface area contributed by atoms with Gasteiger partial charge in [0.15, 0.2) is 6.61 Å². The van der Waals surface area contributed by atoms with Gasteiger partial charge in [-0.1, -0.05) is 54.3 Å². The van der Waals surface area contributed by atoms with Gasteiger partial charge >= 0.3 is 0 Å². The van der Waals surface area contributed by atoms with Gasteiger partial charge in [-0.2, -0.15) is 0 Å². The first-order valence-electron chi connectivity index (χ1n) is 12.2. The summed E-state index contributed by atoms with van der Waals surface area (Å²) < 4.78 is 34.4. The number of ether oxygens (including phenoxy) is 1. The molecule has 0 aliphatic carbocycles. The zero-order chi connectivity index (χ0) is 25.5. The number of nitrogens with zero attached hydrogens (tertiary/aromatic N) is 2. The van der Waals surface area contributed by atoms with Crippen molar-refractivity contribution in [3.63, 3.8) is 0 Å². The largest absolute Gasteiger partial charge is 0.484 e. The number of carbonyl (C=O) groups is 1. The van der Waals surface area contributed by atoms with E-state index in [4.69, 9.17) is 16.3 Å². The van der Waals surface area contributed by atoms with E-state index in [0.29, 0.717) is 16.5 Å². The van der Waals surface area contributed by atoms with Crippen LogP contribution in [-0.2, 0) is 21.4 Å². The smallest absolute Gasteiger partial charge is 0.264 e. The standard InChI is InChI=1S/C28H31ClN2O4S/c1-22-6-16-27(17-7-22)36(33,34)31(20-23-8-10-24(29)11-9-23)25-12-14-26(15-13-25)35-21-28(32)30-18-4-2-3-5-19-30/h6-17H,2-5,18-21H2,1H3. The van der Waals surface area contributed by atoms with Gasteiger partial charge in [0.2, 0.25) is 0 Å². The molecule has 1 heterocycles. The lowest BCUT2D eigenvalue weighted by atomic mass is 10.2. The molecule has 0 unspecified atom stereocenters. The number of hydrogen-bond acceptors (Lipinski definition) is 4. The van der Waals surface area contributed by atoms with Crippen LogP contribution in [0.5, 0.6) is 5.75 Å². The van der Waals surface area contributed by atoms with Crippen molar-refractivity contribution in [2.24, 2.45) is 0 Å². The van der Waals surface area contributed by atoms with Gasteiger partial charge in [-0.05, 0) is 73.9 Å². The molecular formula is C28H31ClN2O4S. The van der Waals surface area contributed by atoms with Gasteiger partial charge in [0.05, 0.1) is 17.1 Å². The second kappa shape index (κ2) is 11.8. The number of benzene rings is 3. The maximum Gasteiger partial charge on any atom is 0.264 e. The molecule has 0 spiro atoms. The summed E-state index contributed by atoms with van der Waals surface area (Å²) in [6, 6.07) is 20.7. The first-order valence-corrected chi connectivity index (χ1v) is 14.0. The lowest BCUT2D eigenvalue weighted by Crippen LogP contribution is -2.35. The van der Waals surface area contributed by atoms with Crippen LogP contribution in [0.2, 0.25) is 5.02 Å². The van der Waals surface area contributed by atoms with Crippen LogP contribution in [0.15, 0.2) is 77.7 Å². The number of aryl methyl sites for hydroxylation is 1. The van der Waals surface area contributed by atoms with E-state index in [2.05, 4.69) is 0 Å². The van der Waals surface area contributed by atoms with Crippen molar-refractivity contribution < 1.29 is 17.9 Å². The highest BCUT2D eigenvalue weighted by atomic mass is 35.5. The predicted molar refractivity (Wildman–Crippen MR) is 143 cm³/mol. The zero-order valence-corrected chi connectivity index (χ0v) is 22.0. The fraction of sp³-hybridized carbons (Fsp3) is 0.321. The number of sulfonamides is 1. The molecule has 3 aromatic rings. The quantitative estimate of drug-likeness (QED) is 0.370. The molecule has 0 bridgehead atoms. The molecule has 0 aromatic heterocycles. The van der Waals surface area contributed by atoms with E-state index in [9.17, 15) is 13.2 Å². The van der Waals surface area contributed by atoms with Crippen molar-refractivity contribution in [2.45, 2.75) is 44.0 Å². The third kappa shape index (κ3) is 6.59. The lowest BCUT2D eigenvalue weighted by molar-refractivity contribution is -0.133. The summed E-state index contributed by atoms with van der Waals surface area (Å²) in [5.74, 6) is 0.494. The van der Waals surface area contributed by atoms with E-state index < -0.39 is 10.0 Å². The summed E-state index contributed by atoms with van der Waals surface area (Å²) in [6.07, 6.45) is 4.37. The second-order valence-corrected chi connectivity index (χ2v) is 11.3. The highest BCUT2D eigenvalue weighted by Crippen LogP contribution is 2.28. The normalized spacial score (nSPS) is 14.2. The molecule has 0 N–H and O–H groups in total. The number of carbonyl (C=O) groups excluding carboxylic acids is 1. The van der Waals surface area contributed by atoms with Crippen molar-refractivity contribution >= 4 is 33.2 Å². The average Bonchev–Trinajstić information content (AvgIpc) is 3.17. The van der Waals surface area contributed by atoms with Crippen molar-refractivity contribution in [2.75, 3.05) is 24.0 Å². The van der Waals surface area contributed by atoms with E-state index in [-0.39, 0.29) is 24.0 Å². The molecule has 3 aromatic carbocycles. The number of halogens is 1. The third-order valence-electron chi connectivity index (χ3n) is 6.29. The molecule has 1 saturated heterocycles. The fourth-order valence-electron chi connectivity index (χ4n) is 4.17. The second-order valence-electron chi connectivity index (χ2n) is 9.03. The minimum Gasteiger partial charge on any atom is -0.484 e. The molecule has 190 valence electrons. The van der Waals surface area contributed by atoms with Crippen LogP contribution < -0.4 is 9.04 Å². The van der Waals surface area contributed by atoms with E-state index in [0.717, 1.165) is 49.9 Å². The Morgan fingerprint density at radius 2 is 1.50 bits per heavy atom. The minimum absolute atomic E-state index is 0.0210. The van der Waals surface area contributed by atoms with Crippen molar-refractivity contribution in [3.8, 4) is 5.75 Å². The van der Waals surface area contributed by atoms with Gasteiger partial charge < -0.3 is 9.64 Å². The monoisotopic (exact) mass is 526 g/mol. The summed E-state index contributed by atoms with van der Waals surface area (Å²) in [5.41, 5.74) is 2.28. The Hall–Kier alpha value is -3.03. The van der Waals surface area contributed by atoms with E-state index in [1.807, 2.05) is 24.0 Å². The van der Waals surface area contributed by atoms with Crippen molar-refractivity contribution in [1.82, 2.24) is 4.90 Å². The number of likely N-dealkylation sites (tertiary alicyclic amines) is 1. The van der Waals surface area contributed by atoms with Gasteiger partial charge in [-0.3, -0.25) is 9.10 Å². The minimum atomic E-state index is -3.84. The third-order valence-corrected chi connectivity index (χ3v) is 8.33. The van der Waals surface area contributed by atoms with Crippen molar-refractivity contribution in [3.05, 3.63) is 88.9 Å². The van der Waals surface area contributed by atoms with Gasteiger partial charge in [0.25, 0.3) is 15.9 Å². The summed E-state index contributed by atoms with van der Waals surface area (Å²) >= 11 is 6.02. The Kier molecular flexibility index (Phi) is 8.54. The van der Waals surface area contributed by atoms with Gasteiger partial charge in [-0.25, -0.2) is 8.42 Å². The first-order chi connectivity index (χ1) is 17.3. The van der Waals surface area contributed by atoms with Gasteiger partial charge in [-0.15, -0.1) is 0 Å². The van der Waals surface area contributed by atoms with E-state index >= 15 is 0 Å². The molecule has 1 aliphatic rings. The maximum absolute atomic E-state index is 13.6. The SMILES string of the molecule is Cc1ccc(S(=O)(=O)N(Cc2ccc(Cl)cc2)c2ccc(OCC(=O)N3CCCCCC3)cc2)cc1. The van der Waals surface area contributed by atoms with Crippen LogP contribution >= 0.6 is 11.6 Å². The molecule has 6 nitrogen and oxygen atoms in total. The molecule has 0 atom stereocenters. The number of hydrogen-bond donors (Lipinski definition) is 0. The summed E-state index contributed by atoms with van der Waals surface area (Å²) in [5, 5.41) is 0.586. The fourth-order valence-corrected chi connectivity index (χ4v) is 5.75.